The Morgan fingerprint density at radius 3 is 2.71 bits per heavy atom. The molecule has 1 amide bonds. The number of benzene rings is 1. The van der Waals surface area contributed by atoms with Crippen molar-refractivity contribution < 1.29 is 13.2 Å². The number of fused-ring (bicyclic) bond motifs is 1. The monoisotopic (exact) mass is 346 g/mol. The standard InChI is InChI=1S/C16H18N4O3S/c1-11-8-13-9-14(4-5-15(13)20(11)12(2)21)24(22,23)19(3)16-10-17-6-7-18-16/h4-7,9-11H,8H2,1-3H3. The van der Waals surface area contributed by atoms with Crippen LogP contribution in [-0.2, 0) is 21.2 Å². The molecule has 8 heteroatoms. The average molecular weight is 346 g/mol. The number of hydrogen-bond acceptors (Lipinski definition) is 5. The fraction of sp³-hybridized carbons (Fsp3) is 0.312. The molecule has 126 valence electrons. The first kappa shape index (κ1) is 16.4. The number of carbonyl (C=O) groups excluding carboxylic acids is 1. The van der Waals surface area contributed by atoms with Crippen molar-refractivity contribution in [1.29, 1.82) is 0 Å². The number of anilines is 2. The van der Waals surface area contributed by atoms with Gasteiger partial charge in [-0.05, 0) is 37.1 Å². The van der Waals surface area contributed by atoms with E-state index in [4.69, 9.17) is 0 Å². The van der Waals surface area contributed by atoms with E-state index < -0.39 is 10.0 Å². The minimum absolute atomic E-state index is 0.0215. The van der Waals surface area contributed by atoms with Gasteiger partial charge in [-0.3, -0.25) is 14.1 Å². The quantitative estimate of drug-likeness (QED) is 0.843. The van der Waals surface area contributed by atoms with E-state index in [-0.39, 0.29) is 22.7 Å². The van der Waals surface area contributed by atoms with Crippen LogP contribution in [-0.4, -0.2) is 37.4 Å². The number of nitrogens with zero attached hydrogens (tertiary/aromatic N) is 4. The van der Waals surface area contributed by atoms with E-state index in [0.717, 1.165) is 15.6 Å². The second-order valence-corrected chi connectivity index (χ2v) is 7.74. The van der Waals surface area contributed by atoms with E-state index >= 15 is 0 Å². The zero-order chi connectivity index (χ0) is 17.5. The molecule has 0 saturated carbocycles. The molecule has 1 aromatic heterocycles. The minimum Gasteiger partial charge on any atom is -0.309 e. The van der Waals surface area contributed by atoms with E-state index in [1.807, 2.05) is 6.92 Å². The molecule has 0 saturated heterocycles. The first-order chi connectivity index (χ1) is 11.3. The number of amides is 1. The van der Waals surface area contributed by atoms with Crippen molar-refractivity contribution >= 4 is 27.4 Å². The minimum atomic E-state index is -3.74. The van der Waals surface area contributed by atoms with E-state index in [1.165, 1.54) is 38.6 Å². The number of carbonyl (C=O) groups is 1. The normalized spacial score (nSPS) is 16.8. The number of sulfonamides is 1. The maximum atomic E-state index is 12.8. The van der Waals surface area contributed by atoms with Crippen LogP contribution in [0, 0.1) is 0 Å². The van der Waals surface area contributed by atoms with Crippen molar-refractivity contribution in [2.75, 3.05) is 16.3 Å². The van der Waals surface area contributed by atoms with Gasteiger partial charge in [0, 0.05) is 38.1 Å². The highest BCUT2D eigenvalue weighted by molar-refractivity contribution is 7.92. The van der Waals surface area contributed by atoms with Gasteiger partial charge in [0.2, 0.25) is 5.91 Å². The van der Waals surface area contributed by atoms with E-state index in [1.54, 1.807) is 17.0 Å². The lowest BCUT2D eigenvalue weighted by Crippen LogP contribution is -2.33. The summed E-state index contributed by atoms with van der Waals surface area (Å²) in [7, 11) is -2.30. The van der Waals surface area contributed by atoms with E-state index in [9.17, 15) is 13.2 Å². The highest BCUT2D eigenvalue weighted by Crippen LogP contribution is 2.34. The summed E-state index contributed by atoms with van der Waals surface area (Å²) in [5.41, 5.74) is 1.63. The Morgan fingerprint density at radius 2 is 2.08 bits per heavy atom. The largest absolute Gasteiger partial charge is 0.309 e. The summed E-state index contributed by atoms with van der Waals surface area (Å²) < 4.78 is 26.7. The van der Waals surface area contributed by atoms with Gasteiger partial charge in [0.05, 0.1) is 11.1 Å². The van der Waals surface area contributed by atoms with Gasteiger partial charge in [0.15, 0.2) is 5.82 Å². The first-order valence-electron chi connectivity index (χ1n) is 7.50. The number of rotatable bonds is 3. The average Bonchev–Trinajstić information content (AvgIpc) is 2.89. The zero-order valence-corrected chi connectivity index (χ0v) is 14.5. The van der Waals surface area contributed by atoms with Crippen molar-refractivity contribution in [3.63, 3.8) is 0 Å². The Hall–Kier alpha value is -2.48. The molecule has 1 atom stereocenters. The summed E-state index contributed by atoms with van der Waals surface area (Å²) in [6.07, 6.45) is 4.95. The van der Waals surface area contributed by atoms with Crippen LogP contribution in [0.4, 0.5) is 11.5 Å². The third-order valence-corrected chi connectivity index (χ3v) is 5.89. The maximum absolute atomic E-state index is 12.8. The van der Waals surface area contributed by atoms with Crippen molar-refractivity contribution in [3.05, 3.63) is 42.4 Å². The summed E-state index contributed by atoms with van der Waals surface area (Å²) in [6, 6.07) is 4.87. The molecular formula is C16H18N4O3S. The molecule has 0 spiro atoms. The van der Waals surface area contributed by atoms with Crippen LogP contribution >= 0.6 is 0 Å². The van der Waals surface area contributed by atoms with Gasteiger partial charge >= 0.3 is 0 Å². The van der Waals surface area contributed by atoms with Crippen LogP contribution in [0.3, 0.4) is 0 Å². The molecule has 1 aliphatic rings. The van der Waals surface area contributed by atoms with Crippen molar-refractivity contribution in [2.45, 2.75) is 31.2 Å². The fourth-order valence-corrected chi connectivity index (χ4v) is 4.17. The van der Waals surface area contributed by atoms with Gasteiger partial charge in [-0.15, -0.1) is 0 Å². The second kappa shape index (κ2) is 5.86. The van der Waals surface area contributed by atoms with Gasteiger partial charge in [-0.2, -0.15) is 0 Å². The Kier molecular flexibility index (Phi) is 4.00. The fourth-order valence-electron chi connectivity index (χ4n) is 2.98. The van der Waals surface area contributed by atoms with E-state index in [0.29, 0.717) is 6.42 Å². The lowest BCUT2D eigenvalue weighted by molar-refractivity contribution is -0.116. The molecule has 1 unspecified atom stereocenters. The Balaban J connectivity index is 2.00. The highest BCUT2D eigenvalue weighted by Gasteiger charge is 2.31. The number of hydrogen-bond donors (Lipinski definition) is 0. The van der Waals surface area contributed by atoms with Crippen LogP contribution < -0.4 is 9.21 Å². The van der Waals surface area contributed by atoms with Crippen molar-refractivity contribution in [2.24, 2.45) is 0 Å². The number of aromatic nitrogens is 2. The van der Waals surface area contributed by atoms with E-state index in [2.05, 4.69) is 9.97 Å². The summed E-state index contributed by atoms with van der Waals surface area (Å²) in [5.74, 6) is 0.199. The molecule has 2 heterocycles. The van der Waals surface area contributed by atoms with Crippen LogP contribution in [0.5, 0.6) is 0 Å². The van der Waals surface area contributed by atoms with Crippen molar-refractivity contribution in [3.8, 4) is 0 Å². The third-order valence-electron chi connectivity index (χ3n) is 4.14. The SMILES string of the molecule is CC(=O)N1c2ccc(S(=O)(=O)N(C)c3cnccn3)cc2CC1C. The third kappa shape index (κ3) is 2.62. The van der Waals surface area contributed by atoms with Crippen molar-refractivity contribution in [1.82, 2.24) is 9.97 Å². The molecule has 0 fully saturated rings. The lowest BCUT2D eigenvalue weighted by atomic mass is 10.1. The van der Waals surface area contributed by atoms with Gasteiger partial charge < -0.3 is 4.90 Å². The highest BCUT2D eigenvalue weighted by atomic mass is 32.2. The Morgan fingerprint density at radius 1 is 1.33 bits per heavy atom. The van der Waals surface area contributed by atoms with Gasteiger partial charge in [0.25, 0.3) is 10.0 Å². The second-order valence-electron chi connectivity index (χ2n) is 5.77. The molecule has 3 rings (SSSR count). The summed E-state index contributed by atoms with van der Waals surface area (Å²) >= 11 is 0. The zero-order valence-electron chi connectivity index (χ0n) is 13.7. The van der Waals surface area contributed by atoms with Gasteiger partial charge in [0.1, 0.15) is 0 Å². The molecule has 1 aliphatic heterocycles. The molecule has 24 heavy (non-hydrogen) atoms. The Labute approximate surface area is 141 Å². The van der Waals surface area contributed by atoms with Crippen LogP contribution in [0.25, 0.3) is 0 Å². The molecule has 1 aromatic carbocycles. The topological polar surface area (TPSA) is 83.5 Å². The summed E-state index contributed by atoms with van der Waals surface area (Å²) in [5, 5.41) is 0. The molecule has 0 N–H and O–H groups in total. The predicted molar refractivity (Wildman–Crippen MR) is 90.4 cm³/mol. The molecule has 0 radical (unpaired) electrons. The van der Waals surface area contributed by atoms with Gasteiger partial charge in [-0.1, -0.05) is 0 Å². The molecular weight excluding hydrogens is 328 g/mol. The maximum Gasteiger partial charge on any atom is 0.265 e. The molecule has 2 aromatic rings. The molecule has 7 nitrogen and oxygen atoms in total. The van der Waals surface area contributed by atoms with Gasteiger partial charge in [-0.25, -0.2) is 13.4 Å². The van der Waals surface area contributed by atoms with Crippen LogP contribution in [0.2, 0.25) is 0 Å². The summed E-state index contributed by atoms with van der Waals surface area (Å²) in [6.45, 7) is 3.46. The predicted octanol–water partition coefficient (Wildman–Crippen LogP) is 1.60. The Bertz CT molecular complexity index is 883. The van der Waals surface area contributed by atoms with Crippen LogP contribution in [0.15, 0.2) is 41.7 Å². The summed E-state index contributed by atoms with van der Waals surface area (Å²) in [4.78, 5) is 21.6. The first-order valence-corrected chi connectivity index (χ1v) is 8.94. The lowest BCUT2D eigenvalue weighted by Gasteiger charge is -2.21. The smallest absolute Gasteiger partial charge is 0.265 e. The molecule has 0 bridgehead atoms. The van der Waals surface area contributed by atoms with Crippen LogP contribution in [0.1, 0.15) is 19.4 Å². The molecule has 0 aliphatic carbocycles.